The number of aromatic carboxylic acids is 1. The van der Waals surface area contributed by atoms with Crippen LogP contribution in [0.15, 0.2) is 48.8 Å². The van der Waals surface area contributed by atoms with Crippen LogP contribution in [0.4, 0.5) is 0 Å². The van der Waals surface area contributed by atoms with Crippen LogP contribution in [0, 0.1) is 0 Å². The van der Waals surface area contributed by atoms with Crippen molar-refractivity contribution in [1.29, 1.82) is 0 Å². The molecule has 0 bridgehead atoms. The van der Waals surface area contributed by atoms with Gasteiger partial charge in [-0.25, -0.2) is 4.79 Å². The molecular weight excluding hydrogens is 249 g/mol. The van der Waals surface area contributed by atoms with E-state index in [1.165, 1.54) is 0 Å². The molecular formula is C14H14FNO3. The minimum absolute atomic E-state index is 0. The third kappa shape index (κ3) is 3.77. The Morgan fingerprint density at radius 3 is 2.53 bits per heavy atom. The van der Waals surface area contributed by atoms with Crippen molar-refractivity contribution >= 4 is 5.97 Å². The molecule has 2 rings (SSSR count). The minimum Gasteiger partial charge on any atom is -1.00 e. The Balaban J connectivity index is 0.00000180. The van der Waals surface area contributed by atoms with Crippen LogP contribution in [0.2, 0.25) is 0 Å². The van der Waals surface area contributed by atoms with Gasteiger partial charge in [-0.15, -0.1) is 0 Å². The van der Waals surface area contributed by atoms with Gasteiger partial charge >= 0.3 is 5.97 Å². The van der Waals surface area contributed by atoms with Crippen molar-refractivity contribution in [2.75, 3.05) is 7.11 Å². The van der Waals surface area contributed by atoms with Gasteiger partial charge in [0.15, 0.2) is 18.9 Å². The maximum atomic E-state index is 10.9. The highest BCUT2D eigenvalue weighted by atomic mass is 19.0. The number of rotatable bonds is 4. The summed E-state index contributed by atoms with van der Waals surface area (Å²) in [5.41, 5.74) is 1.37. The van der Waals surface area contributed by atoms with Crippen LogP contribution in [0.5, 0.6) is 5.75 Å². The van der Waals surface area contributed by atoms with Crippen LogP contribution in [-0.2, 0) is 6.54 Å². The molecule has 1 N–H and O–H groups in total. The van der Waals surface area contributed by atoms with Crippen molar-refractivity contribution in [2.24, 2.45) is 0 Å². The number of halogens is 1. The summed E-state index contributed by atoms with van der Waals surface area (Å²) >= 11 is 0. The summed E-state index contributed by atoms with van der Waals surface area (Å²) < 4.78 is 6.92. The van der Waals surface area contributed by atoms with E-state index < -0.39 is 5.97 Å². The van der Waals surface area contributed by atoms with E-state index in [0.717, 1.165) is 11.3 Å². The summed E-state index contributed by atoms with van der Waals surface area (Å²) in [4.78, 5) is 10.9. The smallest absolute Gasteiger partial charge is 0.341 e. The molecule has 0 saturated heterocycles. The third-order valence-corrected chi connectivity index (χ3v) is 2.63. The highest BCUT2D eigenvalue weighted by molar-refractivity contribution is 5.86. The molecule has 0 amide bonds. The van der Waals surface area contributed by atoms with E-state index in [1.807, 2.05) is 35.0 Å². The van der Waals surface area contributed by atoms with Crippen LogP contribution >= 0.6 is 0 Å². The second-order valence-electron chi connectivity index (χ2n) is 3.92. The third-order valence-electron chi connectivity index (χ3n) is 2.63. The predicted molar refractivity (Wildman–Crippen MR) is 65.7 cm³/mol. The summed E-state index contributed by atoms with van der Waals surface area (Å²) in [6.07, 6.45) is 3.46. The van der Waals surface area contributed by atoms with Gasteiger partial charge in [-0.2, -0.15) is 4.57 Å². The van der Waals surface area contributed by atoms with Crippen LogP contribution in [0.25, 0.3) is 0 Å². The fourth-order valence-corrected chi connectivity index (χ4v) is 1.69. The highest BCUT2D eigenvalue weighted by Gasteiger charge is 2.09. The predicted octanol–water partition coefficient (Wildman–Crippen LogP) is -1.27. The number of hydrogen-bond acceptors (Lipinski definition) is 2. The quantitative estimate of drug-likeness (QED) is 0.700. The maximum Gasteiger partial charge on any atom is 0.341 e. The van der Waals surface area contributed by atoms with Crippen LogP contribution in [0.1, 0.15) is 15.9 Å². The lowest BCUT2D eigenvalue weighted by Crippen LogP contribution is -3.00. The fourth-order valence-electron chi connectivity index (χ4n) is 1.69. The van der Waals surface area contributed by atoms with Gasteiger partial charge in [0, 0.05) is 11.6 Å². The molecule has 1 aromatic heterocycles. The van der Waals surface area contributed by atoms with Gasteiger partial charge in [0.05, 0.1) is 7.11 Å². The van der Waals surface area contributed by atoms with E-state index in [2.05, 4.69) is 0 Å². The lowest BCUT2D eigenvalue weighted by Gasteiger charge is -2.01. The Hall–Kier alpha value is -2.43. The van der Waals surface area contributed by atoms with E-state index in [1.54, 1.807) is 25.4 Å². The van der Waals surface area contributed by atoms with Crippen LogP contribution in [-0.4, -0.2) is 18.2 Å². The lowest BCUT2D eigenvalue weighted by atomic mass is 10.2. The minimum atomic E-state index is -0.918. The first-order chi connectivity index (χ1) is 8.69. The molecule has 1 aromatic carbocycles. The Morgan fingerprint density at radius 2 is 1.95 bits per heavy atom. The monoisotopic (exact) mass is 263 g/mol. The number of ether oxygens (including phenoxy) is 1. The van der Waals surface area contributed by atoms with E-state index in [-0.39, 0.29) is 10.3 Å². The number of methoxy groups -OCH3 is 1. The van der Waals surface area contributed by atoms with Gasteiger partial charge < -0.3 is 14.5 Å². The summed E-state index contributed by atoms with van der Waals surface area (Å²) in [5.74, 6) is -0.109. The largest absolute Gasteiger partial charge is 1.00 e. The van der Waals surface area contributed by atoms with Crippen molar-refractivity contribution in [3.8, 4) is 5.75 Å². The first-order valence-electron chi connectivity index (χ1n) is 5.54. The van der Waals surface area contributed by atoms with E-state index in [9.17, 15) is 4.79 Å². The van der Waals surface area contributed by atoms with E-state index >= 15 is 0 Å². The molecule has 0 saturated carbocycles. The number of hydrogen-bond donors (Lipinski definition) is 1. The fraction of sp³-hybridized carbons (Fsp3) is 0.143. The molecule has 0 aliphatic rings. The molecule has 0 atom stereocenters. The Bertz CT molecular complexity index is 555. The molecule has 0 unspecified atom stereocenters. The average Bonchev–Trinajstić information content (AvgIpc) is 2.40. The zero-order valence-electron chi connectivity index (χ0n) is 10.4. The maximum absolute atomic E-state index is 10.9. The molecule has 0 fully saturated rings. The molecule has 1 heterocycles. The Kier molecular flexibility index (Phi) is 5.00. The molecule has 100 valence electrons. The van der Waals surface area contributed by atoms with Gasteiger partial charge in [0.2, 0.25) is 0 Å². The number of pyridine rings is 1. The van der Waals surface area contributed by atoms with E-state index in [0.29, 0.717) is 6.54 Å². The number of carbonyl (C=O) groups is 1. The van der Waals surface area contributed by atoms with E-state index in [4.69, 9.17) is 9.84 Å². The Labute approximate surface area is 110 Å². The van der Waals surface area contributed by atoms with Crippen molar-refractivity contribution in [3.63, 3.8) is 0 Å². The van der Waals surface area contributed by atoms with Crippen LogP contribution < -0.4 is 14.0 Å². The molecule has 4 nitrogen and oxygen atoms in total. The Morgan fingerprint density at radius 1 is 1.26 bits per heavy atom. The normalized spacial score (nSPS) is 9.53. The molecule has 0 spiro atoms. The number of carboxylic acid groups (broad SMARTS) is 1. The van der Waals surface area contributed by atoms with Crippen molar-refractivity contribution in [3.05, 3.63) is 59.9 Å². The average molecular weight is 263 g/mol. The number of carboxylic acids is 1. The number of benzene rings is 1. The molecule has 0 aliphatic heterocycles. The molecule has 0 radical (unpaired) electrons. The van der Waals surface area contributed by atoms with Crippen molar-refractivity contribution < 1.29 is 23.9 Å². The number of nitrogens with zero attached hydrogens (tertiary/aromatic N) is 1. The molecule has 2 aromatic rings. The molecule has 0 aliphatic carbocycles. The van der Waals surface area contributed by atoms with Gasteiger partial charge in [-0.1, -0.05) is 0 Å². The number of aromatic nitrogens is 1. The summed E-state index contributed by atoms with van der Waals surface area (Å²) in [6.45, 7) is 0.630. The molecule has 19 heavy (non-hydrogen) atoms. The second-order valence-corrected chi connectivity index (χ2v) is 3.92. The second kappa shape index (κ2) is 6.49. The SMILES string of the molecule is COc1ccc(C[n+]2cccc(C(=O)O)c2)cc1.[F-]. The van der Waals surface area contributed by atoms with Gasteiger partial charge in [0.25, 0.3) is 0 Å². The van der Waals surface area contributed by atoms with Gasteiger partial charge in [-0.3, -0.25) is 0 Å². The first-order valence-corrected chi connectivity index (χ1v) is 5.54. The summed E-state index contributed by atoms with van der Waals surface area (Å²) in [5, 5.41) is 8.91. The highest BCUT2D eigenvalue weighted by Crippen LogP contribution is 2.10. The van der Waals surface area contributed by atoms with Crippen LogP contribution in [0.3, 0.4) is 0 Å². The first kappa shape index (κ1) is 14.6. The summed E-state index contributed by atoms with van der Waals surface area (Å²) in [6, 6.07) is 11.0. The van der Waals surface area contributed by atoms with Crippen molar-refractivity contribution in [1.82, 2.24) is 0 Å². The zero-order valence-corrected chi connectivity index (χ0v) is 10.4. The summed E-state index contributed by atoms with van der Waals surface area (Å²) in [7, 11) is 1.63. The van der Waals surface area contributed by atoms with Crippen molar-refractivity contribution in [2.45, 2.75) is 6.54 Å². The van der Waals surface area contributed by atoms with Gasteiger partial charge in [0.1, 0.15) is 11.3 Å². The standard InChI is InChI=1S/C14H13NO3.FH/c1-18-13-6-4-11(5-7-13)9-15-8-2-3-12(10-15)14(16)17;/h2-8,10H,9H2,1H3;1H. The topological polar surface area (TPSA) is 50.4 Å². The molecule has 5 heteroatoms. The van der Waals surface area contributed by atoms with Gasteiger partial charge in [-0.05, 0) is 30.3 Å². The zero-order chi connectivity index (χ0) is 13.0. The lowest BCUT2D eigenvalue weighted by molar-refractivity contribution is -0.688.